The van der Waals surface area contributed by atoms with Crippen molar-refractivity contribution in [2.24, 2.45) is 11.8 Å². The summed E-state index contributed by atoms with van der Waals surface area (Å²) in [6.07, 6.45) is 55.3. The van der Waals surface area contributed by atoms with Crippen LogP contribution in [0.5, 0.6) is 0 Å². The molecule has 0 aliphatic rings. The van der Waals surface area contributed by atoms with Gasteiger partial charge in [0.2, 0.25) is 0 Å². The normalized spacial score (nSPS) is 12.5. The Balaban J connectivity index is 4.21. The molecule has 1 unspecified atom stereocenters. The lowest BCUT2D eigenvalue weighted by Gasteiger charge is -2.18. The lowest BCUT2D eigenvalue weighted by atomic mass is 9.99. The van der Waals surface area contributed by atoms with Crippen LogP contribution in [0.1, 0.15) is 330 Å². The third kappa shape index (κ3) is 51.6. The van der Waals surface area contributed by atoms with E-state index in [-0.39, 0.29) is 31.1 Å². The highest BCUT2D eigenvalue weighted by molar-refractivity contribution is 5.71. The van der Waals surface area contributed by atoms with Crippen LogP contribution in [0.25, 0.3) is 0 Å². The van der Waals surface area contributed by atoms with E-state index in [0.717, 1.165) is 69.6 Å². The number of ether oxygens (including phenoxy) is 3. The maximum atomic E-state index is 12.8. The maximum Gasteiger partial charge on any atom is 0.306 e. The summed E-state index contributed by atoms with van der Waals surface area (Å²) in [6.45, 7) is 11.4. The first kappa shape index (κ1) is 63.4. The van der Waals surface area contributed by atoms with Gasteiger partial charge in [0.15, 0.2) is 6.10 Å². The van der Waals surface area contributed by atoms with Crippen molar-refractivity contribution in [1.29, 1.82) is 0 Å². The van der Waals surface area contributed by atoms with E-state index >= 15 is 0 Å². The standard InChI is InChI=1S/C59H114O6/c1-6-8-9-10-11-12-13-14-19-23-26-29-34-39-44-49-57(60)63-52-56(53-64-58(61)50-45-40-36-31-32-37-42-47-54(3)4)65-59(62)51-46-41-35-30-27-24-21-18-16-15-17-20-22-25-28-33-38-43-48-55(5)7-2/h54-56H,6-53H2,1-5H3/t55?,56-/m0/s1. The molecule has 386 valence electrons. The van der Waals surface area contributed by atoms with E-state index in [1.54, 1.807) is 0 Å². The van der Waals surface area contributed by atoms with Crippen molar-refractivity contribution < 1.29 is 28.6 Å². The summed E-state index contributed by atoms with van der Waals surface area (Å²) in [7, 11) is 0. The van der Waals surface area contributed by atoms with Crippen molar-refractivity contribution in [3.05, 3.63) is 0 Å². The second-order valence-corrected chi connectivity index (χ2v) is 21.0. The van der Waals surface area contributed by atoms with Crippen molar-refractivity contribution in [1.82, 2.24) is 0 Å². The molecule has 0 aliphatic carbocycles. The zero-order valence-electron chi connectivity index (χ0n) is 44.6. The topological polar surface area (TPSA) is 78.9 Å². The molecule has 0 fully saturated rings. The summed E-state index contributed by atoms with van der Waals surface area (Å²) >= 11 is 0. The second-order valence-electron chi connectivity index (χ2n) is 21.0. The summed E-state index contributed by atoms with van der Waals surface area (Å²) in [4.78, 5) is 38.1. The van der Waals surface area contributed by atoms with Gasteiger partial charge in [-0.05, 0) is 31.1 Å². The molecule has 2 atom stereocenters. The summed E-state index contributed by atoms with van der Waals surface area (Å²) < 4.78 is 16.9. The number of carbonyl (C=O) groups excluding carboxylic acids is 3. The molecule has 0 rings (SSSR count). The molecule has 0 aromatic rings. The molecule has 0 aromatic carbocycles. The summed E-state index contributed by atoms with van der Waals surface area (Å²) in [6, 6.07) is 0. The largest absolute Gasteiger partial charge is 0.462 e. The van der Waals surface area contributed by atoms with Gasteiger partial charge in [0, 0.05) is 19.3 Å². The zero-order chi connectivity index (χ0) is 47.5. The number of hydrogen-bond acceptors (Lipinski definition) is 6. The molecule has 0 N–H and O–H groups in total. The van der Waals surface area contributed by atoms with Gasteiger partial charge in [-0.25, -0.2) is 0 Å². The van der Waals surface area contributed by atoms with Gasteiger partial charge in [0.1, 0.15) is 13.2 Å². The van der Waals surface area contributed by atoms with Gasteiger partial charge in [-0.1, -0.05) is 291 Å². The molecule has 65 heavy (non-hydrogen) atoms. The minimum absolute atomic E-state index is 0.0633. The van der Waals surface area contributed by atoms with Gasteiger partial charge in [-0.3, -0.25) is 14.4 Å². The minimum atomic E-state index is -0.763. The van der Waals surface area contributed by atoms with Gasteiger partial charge >= 0.3 is 17.9 Å². The van der Waals surface area contributed by atoms with E-state index in [1.807, 2.05) is 0 Å². The molecular formula is C59H114O6. The van der Waals surface area contributed by atoms with Gasteiger partial charge in [0.25, 0.3) is 0 Å². The average molecular weight is 920 g/mol. The Morgan fingerprint density at radius 3 is 0.877 bits per heavy atom. The first-order chi connectivity index (χ1) is 31.8. The van der Waals surface area contributed by atoms with Crippen LogP contribution in [0.2, 0.25) is 0 Å². The Hall–Kier alpha value is -1.59. The number of esters is 3. The predicted octanol–water partition coefficient (Wildman–Crippen LogP) is 19.3. The first-order valence-corrected chi connectivity index (χ1v) is 29.3. The smallest absolute Gasteiger partial charge is 0.306 e. The van der Waals surface area contributed by atoms with Crippen LogP contribution in [0.3, 0.4) is 0 Å². The SMILES string of the molecule is CCCCCCCCCCCCCCCCCC(=O)OC[C@@H](COC(=O)CCCCCCCCCC(C)C)OC(=O)CCCCCCCCCCCCCCCCCCCCC(C)CC. The second kappa shape index (κ2) is 51.8. The van der Waals surface area contributed by atoms with Gasteiger partial charge in [-0.15, -0.1) is 0 Å². The zero-order valence-corrected chi connectivity index (χ0v) is 44.6. The van der Waals surface area contributed by atoms with E-state index < -0.39 is 6.10 Å². The first-order valence-electron chi connectivity index (χ1n) is 29.3. The lowest BCUT2D eigenvalue weighted by Crippen LogP contribution is -2.30. The molecule has 0 aromatic heterocycles. The van der Waals surface area contributed by atoms with Gasteiger partial charge in [0.05, 0.1) is 0 Å². The monoisotopic (exact) mass is 919 g/mol. The van der Waals surface area contributed by atoms with E-state index in [2.05, 4.69) is 34.6 Å². The molecule has 0 heterocycles. The van der Waals surface area contributed by atoms with Crippen LogP contribution >= 0.6 is 0 Å². The van der Waals surface area contributed by atoms with Gasteiger partial charge < -0.3 is 14.2 Å². The Morgan fingerprint density at radius 1 is 0.323 bits per heavy atom. The minimum Gasteiger partial charge on any atom is -0.462 e. The maximum absolute atomic E-state index is 12.8. The number of hydrogen-bond donors (Lipinski definition) is 0. The Morgan fingerprint density at radius 2 is 0.585 bits per heavy atom. The molecule has 0 saturated carbocycles. The lowest BCUT2D eigenvalue weighted by molar-refractivity contribution is -0.167. The number of unbranched alkanes of at least 4 members (excludes halogenated alkanes) is 37. The van der Waals surface area contributed by atoms with Crippen molar-refractivity contribution >= 4 is 17.9 Å². The van der Waals surface area contributed by atoms with Crippen LogP contribution in [-0.2, 0) is 28.6 Å². The van der Waals surface area contributed by atoms with Crippen molar-refractivity contribution in [3.63, 3.8) is 0 Å². The Labute approximate surface area is 406 Å². The predicted molar refractivity (Wildman–Crippen MR) is 280 cm³/mol. The molecule has 0 saturated heterocycles. The van der Waals surface area contributed by atoms with Crippen LogP contribution in [0.4, 0.5) is 0 Å². The molecule has 6 nitrogen and oxygen atoms in total. The van der Waals surface area contributed by atoms with Crippen LogP contribution in [0, 0.1) is 11.8 Å². The molecule has 0 aliphatic heterocycles. The van der Waals surface area contributed by atoms with Crippen LogP contribution in [0.15, 0.2) is 0 Å². The fraction of sp³-hybridized carbons (Fsp3) is 0.949. The molecule has 6 heteroatoms. The summed E-state index contributed by atoms with van der Waals surface area (Å²) in [5, 5.41) is 0. The van der Waals surface area contributed by atoms with Crippen molar-refractivity contribution in [3.8, 4) is 0 Å². The Kier molecular flexibility index (Phi) is 50.5. The van der Waals surface area contributed by atoms with E-state index in [4.69, 9.17) is 14.2 Å². The number of rotatable bonds is 53. The third-order valence-corrected chi connectivity index (χ3v) is 13.8. The van der Waals surface area contributed by atoms with Crippen LogP contribution < -0.4 is 0 Å². The third-order valence-electron chi connectivity index (χ3n) is 13.8. The fourth-order valence-electron chi connectivity index (χ4n) is 9.02. The fourth-order valence-corrected chi connectivity index (χ4v) is 9.02. The number of carbonyl (C=O) groups is 3. The molecule has 0 radical (unpaired) electrons. The Bertz CT molecular complexity index is 995. The quantitative estimate of drug-likeness (QED) is 0.0344. The molecule has 0 amide bonds. The summed E-state index contributed by atoms with van der Waals surface area (Å²) in [5.74, 6) is 0.848. The van der Waals surface area contributed by atoms with E-state index in [0.29, 0.717) is 19.3 Å². The van der Waals surface area contributed by atoms with Crippen molar-refractivity contribution in [2.75, 3.05) is 13.2 Å². The van der Waals surface area contributed by atoms with E-state index in [9.17, 15) is 14.4 Å². The molecule has 0 spiro atoms. The highest BCUT2D eigenvalue weighted by atomic mass is 16.6. The average Bonchev–Trinajstić information content (AvgIpc) is 3.29. The van der Waals surface area contributed by atoms with E-state index in [1.165, 1.54) is 218 Å². The van der Waals surface area contributed by atoms with Crippen LogP contribution in [-0.4, -0.2) is 37.2 Å². The molecular weight excluding hydrogens is 805 g/mol. The molecule has 0 bridgehead atoms. The van der Waals surface area contributed by atoms with Crippen molar-refractivity contribution in [2.45, 2.75) is 336 Å². The van der Waals surface area contributed by atoms with Gasteiger partial charge in [-0.2, -0.15) is 0 Å². The summed E-state index contributed by atoms with van der Waals surface area (Å²) in [5.41, 5.74) is 0. The highest BCUT2D eigenvalue weighted by Crippen LogP contribution is 2.19. The highest BCUT2D eigenvalue weighted by Gasteiger charge is 2.19.